The summed E-state index contributed by atoms with van der Waals surface area (Å²) in [6, 6.07) is 4.16. The monoisotopic (exact) mass is 294 g/mol. The van der Waals surface area contributed by atoms with E-state index in [0.29, 0.717) is 10.6 Å². The minimum absolute atomic E-state index is 0.0247. The highest BCUT2D eigenvalue weighted by Gasteiger charge is 2.54. The molecular weight excluding hydrogens is 285 g/mol. The first-order chi connectivity index (χ1) is 8.71. The van der Waals surface area contributed by atoms with Crippen LogP contribution in [0.25, 0.3) is 0 Å². The normalized spacial score (nSPS) is 26.5. The molecule has 0 bridgehead atoms. The first kappa shape index (κ1) is 14.0. The van der Waals surface area contributed by atoms with Gasteiger partial charge in [-0.05, 0) is 23.8 Å². The summed E-state index contributed by atoms with van der Waals surface area (Å²) in [6.07, 6.45) is -7.09. The Morgan fingerprint density at radius 3 is 2.58 bits per heavy atom. The van der Waals surface area contributed by atoms with Gasteiger partial charge in [0.05, 0.1) is 0 Å². The van der Waals surface area contributed by atoms with Crippen molar-refractivity contribution < 1.29 is 27.8 Å². The number of carboxylic acid groups (broad SMARTS) is 1. The van der Waals surface area contributed by atoms with Crippen LogP contribution >= 0.6 is 11.6 Å². The van der Waals surface area contributed by atoms with Gasteiger partial charge in [-0.25, -0.2) is 0 Å². The maximum absolute atomic E-state index is 12.9. The molecule has 0 aromatic heterocycles. The van der Waals surface area contributed by atoms with E-state index in [2.05, 4.69) is 0 Å². The smallest absolute Gasteiger partial charge is 0.426 e. The highest BCUT2D eigenvalue weighted by atomic mass is 35.5. The summed E-state index contributed by atoms with van der Waals surface area (Å²) in [5, 5.41) is 9.35. The molecule has 0 radical (unpaired) electrons. The van der Waals surface area contributed by atoms with Gasteiger partial charge in [-0.3, -0.25) is 4.79 Å². The van der Waals surface area contributed by atoms with Crippen LogP contribution in [0.5, 0.6) is 5.75 Å². The molecule has 0 spiro atoms. The van der Waals surface area contributed by atoms with Crippen molar-refractivity contribution in [1.82, 2.24) is 0 Å². The zero-order chi connectivity index (χ0) is 14.4. The van der Waals surface area contributed by atoms with Crippen LogP contribution in [0.15, 0.2) is 18.2 Å². The summed E-state index contributed by atoms with van der Waals surface area (Å²) in [5.41, 5.74) is 0.375. The third kappa shape index (κ3) is 2.49. The van der Waals surface area contributed by atoms with Crippen molar-refractivity contribution in [2.24, 2.45) is 5.92 Å². The SMILES string of the molecule is CC1c2cc(Cl)ccc2OC(C(F)(F)F)C1C(=O)O. The maximum atomic E-state index is 12.9. The molecule has 0 saturated heterocycles. The minimum atomic E-state index is -4.74. The van der Waals surface area contributed by atoms with Crippen molar-refractivity contribution in [1.29, 1.82) is 0 Å². The number of hydrogen-bond acceptors (Lipinski definition) is 2. The molecule has 2 rings (SSSR count). The van der Waals surface area contributed by atoms with E-state index in [0.717, 1.165) is 0 Å². The zero-order valence-electron chi connectivity index (χ0n) is 9.74. The van der Waals surface area contributed by atoms with E-state index in [9.17, 15) is 18.0 Å². The van der Waals surface area contributed by atoms with Crippen LogP contribution in [0.2, 0.25) is 5.02 Å². The number of halogens is 4. The van der Waals surface area contributed by atoms with Crippen molar-refractivity contribution >= 4 is 17.6 Å². The fourth-order valence-electron chi connectivity index (χ4n) is 2.26. The molecule has 1 aliphatic rings. The number of aliphatic carboxylic acids is 1. The van der Waals surface area contributed by atoms with E-state index in [-0.39, 0.29) is 5.75 Å². The van der Waals surface area contributed by atoms with Gasteiger partial charge in [-0.15, -0.1) is 0 Å². The van der Waals surface area contributed by atoms with E-state index >= 15 is 0 Å². The molecule has 1 aromatic carbocycles. The van der Waals surface area contributed by atoms with Crippen LogP contribution in [0.3, 0.4) is 0 Å². The number of carboxylic acids is 1. The molecule has 3 nitrogen and oxygen atoms in total. The molecule has 3 unspecified atom stereocenters. The van der Waals surface area contributed by atoms with Gasteiger partial charge in [0.25, 0.3) is 0 Å². The quantitative estimate of drug-likeness (QED) is 0.862. The summed E-state index contributed by atoms with van der Waals surface area (Å²) in [5.74, 6) is -4.05. The van der Waals surface area contributed by atoms with Crippen LogP contribution in [0, 0.1) is 5.92 Å². The van der Waals surface area contributed by atoms with Crippen molar-refractivity contribution in [2.45, 2.75) is 25.1 Å². The van der Waals surface area contributed by atoms with Crippen LogP contribution in [-0.2, 0) is 4.79 Å². The molecule has 1 aromatic rings. The first-order valence-corrected chi connectivity index (χ1v) is 5.85. The Bertz CT molecular complexity index is 515. The summed E-state index contributed by atoms with van der Waals surface area (Å²) < 4.78 is 43.5. The third-order valence-corrected chi connectivity index (χ3v) is 3.42. The highest BCUT2D eigenvalue weighted by Crippen LogP contribution is 2.45. The molecule has 1 N–H and O–H groups in total. The molecule has 3 atom stereocenters. The Labute approximate surface area is 111 Å². The Morgan fingerprint density at radius 1 is 1.42 bits per heavy atom. The Kier molecular flexibility index (Phi) is 3.38. The van der Waals surface area contributed by atoms with E-state index in [1.54, 1.807) is 0 Å². The molecular formula is C12H10ClF3O3. The van der Waals surface area contributed by atoms with Crippen LogP contribution in [0.1, 0.15) is 18.4 Å². The standard InChI is InChI=1S/C12H10ClF3O3/c1-5-7-4-6(13)2-3-8(7)19-10(12(14,15)16)9(5)11(17)18/h2-5,9-10H,1H3,(H,17,18). The number of ether oxygens (including phenoxy) is 1. The van der Waals surface area contributed by atoms with Gasteiger partial charge in [-0.2, -0.15) is 13.2 Å². The molecule has 104 valence electrons. The lowest BCUT2D eigenvalue weighted by Gasteiger charge is -2.36. The fourth-order valence-corrected chi connectivity index (χ4v) is 2.44. The first-order valence-electron chi connectivity index (χ1n) is 5.47. The fraction of sp³-hybridized carbons (Fsp3) is 0.417. The molecule has 7 heteroatoms. The Hall–Kier alpha value is -1.43. The van der Waals surface area contributed by atoms with Crippen molar-refractivity contribution in [3.05, 3.63) is 28.8 Å². The van der Waals surface area contributed by atoms with Gasteiger partial charge in [0.2, 0.25) is 6.10 Å². The largest absolute Gasteiger partial charge is 0.481 e. The summed E-state index contributed by atoms with van der Waals surface area (Å²) in [4.78, 5) is 11.1. The number of fused-ring (bicyclic) bond motifs is 1. The number of hydrogen-bond donors (Lipinski definition) is 1. The number of rotatable bonds is 1. The van der Waals surface area contributed by atoms with Crippen LogP contribution < -0.4 is 4.74 Å². The minimum Gasteiger partial charge on any atom is -0.481 e. The lowest BCUT2D eigenvalue weighted by molar-refractivity contribution is -0.220. The Balaban J connectivity index is 2.51. The molecule has 1 heterocycles. The summed E-state index contributed by atoms with van der Waals surface area (Å²) in [7, 11) is 0. The maximum Gasteiger partial charge on any atom is 0.426 e. The van der Waals surface area contributed by atoms with E-state index in [1.165, 1.54) is 25.1 Å². The third-order valence-electron chi connectivity index (χ3n) is 3.19. The lowest BCUT2D eigenvalue weighted by atomic mass is 9.81. The number of benzene rings is 1. The summed E-state index contributed by atoms with van der Waals surface area (Å²) in [6.45, 7) is 1.43. The predicted molar refractivity (Wildman–Crippen MR) is 61.5 cm³/mol. The zero-order valence-corrected chi connectivity index (χ0v) is 10.5. The molecule has 1 aliphatic heterocycles. The molecule has 0 fully saturated rings. The van der Waals surface area contributed by atoms with E-state index < -0.39 is 30.1 Å². The van der Waals surface area contributed by atoms with E-state index in [1.807, 2.05) is 0 Å². The second-order valence-electron chi connectivity index (χ2n) is 4.41. The van der Waals surface area contributed by atoms with Gasteiger partial charge >= 0.3 is 12.1 Å². The number of alkyl halides is 3. The average Bonchev–Trinajstić information content (AvgIpc) is 2.27. The molecule has 0 saturated carbocycles. The Morgan fingerprint density at radius 2 is 2.05 bits per heavy atom. The van der Waals surface area contributed by atoms with Crippen molar-refractivity contribution in [3.8, 4) is 5.75 Å². The average molecular weight is 295 g/mol. The van der Waals surface area contributed by atoms with Gasteiger partial charge in [-0.1, -0.05) is 18.5 Å². The second kappa shape index (κ2) is 4.59. The van der Waals surface area contributed by atoms with Crippen LogP contribution in [-0.4, -0.2) is 23.4 Å². The molecule has 0 aliphatic carbocycles. The van der Waals surface area contributed by atoms with Gasteiger partial charge in [0, 0.05) is 10.9 Å². The van der Waals surface area contributed by atoms with Crippen molar-refractivity contribution in [2.75, 3.05) is 0 Å². The number of carbonyl (C=O) groups is 1. The van der Waals surface area contributed by atoms with Crippen molar-refractivity contribution in [3.63, 3.8) is 0 Å². The van der Waals surface area contributed by atoms with E-state index in [4.69, 9.17) is 21.4 Å². The van der Waals surface area contributed by atoms with Gasteiger partial charge in [0.1, 0.15) is 11.7 Å². The van der Waals surface area contributed by atoms with Crippen LogP contribution in [0.4, 0.5) is 13.2 Å². The lowest BCUT2D eigenvalue weighted by Crippen LogP contribution is -2.49. The van der Waals surface area contributed by atoms with Gasteiger partial charge in [0.15, 0.2) is 0 Å². The van der Waals surface area contributed by atoms with Gasteiger partial charge < -0.3 is 9.84 Å². The highest BCUT2D eigenvalue weighted by molar-refractivity contribution is 6.30. The molecule has 19 heavy (non-hydrogen) atoms. The molecule has 0 amide bonds. The topological polar surface area (TPSA) is 46.5 Å². The predicted octanol–water partition coefficient (Wildman–Crippen LogP) is 3.47. The summed E-state index contributed by atoms with van der Waals surface area (Å²) >= 11 is 5.77. The second-order valence-corrected chi connectivity index (χ2v) is 4.85.